The van der Waals surface area contributed by atoms with Gasteiger partial charge in [-0.2, -0.15) is 0 Å². The second kappa shape index (κ2) is 9.04. The number of nitrogens with one attached hydrogen (secondary N) is 1. The smallest absolute Gasteiger partial charge is 0.284 e. The third-order valence-corrected chi connectivity index (χ3v) is 9.49. The SMILES string of the molecule is [C-]#[N+]C12CC(C)(C(=O)Nc3nc(Cc4ccc(-c5ccn(C)c5)cc4)cs3)C(c3ccccc31)c1ccccc12. The van der Waals surface area contributed by atoms with Gasteiger partial charge in [0.25, 0.3) is 5.54 Å². The summed E-state index contributed by atoms with van der Waals surface area (Å²) in [4.78, 5) is 23.1. The van der Waals surface area contributed by atoms with Crippen LogP contribution in [0.15, 0.2) is 96.6 Å². The molecule has 5 nitrogen and oxygen atoms in total. The lowest BCUT2D eigenvalue weighted by Crippen LogP contribution is -2.53. The Balaban J connectivity index is 1.14. The minimum Gasteiger partial charge on any atom is -0.357 e. The van der Waals surface area contributed by atoms with E-state index in [9.17, 15) is 4.79 Å². The van der Waals surface area contributed by atoms with E-state index in [4.69, 9.17) is 11.6 Å². The molecule has 8 rings (SSSR count). The van der Waals surface area contributed by atoms with E-state index in [1.807, 2.05) is 54.4 Å². The molecule has 0 radical (unpaired) electrons. The largest absolute Gasteiger partial charge is 0.357 e. The number of amides is 1. The number of carbonyl (C=O) groups is 1. The fourth-order valence-corrected chi connectivity index (χ4v) is 7.53. The number of anilines is 1. The normalized spacial score (nSPS) is 22.3. The second-order valence-corrected chi connectivity index (χ2v) is 12.1. The Hall–Kier alpha value is -4.47. The maximum Gasteiger partial charge on any atom is 0.284 e. The summed E-state index contributed by atoms with van der Waals surface area (Å²) >= 11 is 1.45. The van der Waals surface area contributed by atoms with Gasteiger partial charge in [0.2, 0.25) is 5.91 Å². The summed E-state index contributed by atoms with van der Waals surface area (Å²) in [6, 6.07) is 27.0. The number of hydrogen-bond acceptors (Lipinski definition) is 3. The Morgan fingerprint density at radius 3 is 2.33 bits per heavy atom. The number of rotatable bonds is 5. The highest BCUT2D eigenvalue weighted by Gasteiger charge is 2.64. The highest BCUT2D eigenvalue weighted by Crippen LogP contribution is 2.64. The van der Waals surface area contributed by atoms with E-state index < -0.39 is 11.0 Å². The molecule has 2 bridgehead atoms. The Labute approximate surface area is 238 Å². The molecule has 3 aliphatic rings. The molecule has 0 spiro atoms. The highest BCUT2D eigenvalue weighted by atomic mass is 32.1. The predicted octanol–water partition coefficient (Wildman–Crippen LogP) is 7.40. The number of thiazole rings is 1. The molecule has 1 N–H and O–H groups in total. The quantitative estimate of drug-likeness (QED) is 0.236. The average molecular weight is 541 g/mol. The van der Waals surface area contributed by atoms with Gasteiger partial charge in [0.1, 0.15) is 0 Å². The number of benzene rings is 3. The van der Waals surface area contributed by atoms with Crippen LogP contribution in [0.3, 0.4) is 0 Å². The maximum atomic E-state index is 14.0. The summed E-state index contributed by atoms with van der Waals surface area (Å²) in [6.45, 7) is 10.3. The molecule has 1 amide bonds. The molecule has 3 aliphatic carbocycles. The van der Waals surface area contributed by atoms with Crippen LogP contribution in [0.1, 0.15) is 52.8 Å². The first-order chi connectivity index (χ1) is 19.4. The van der Waals surface area contributed by atoms with E-state index in [2.05, 4.69) is 71.0 Å². The topological polar surface area (TPSA) is 51.3 Å². The van der Waals surface area contributed by atoms with E-state index >= 15 is 0 Å². The van der Waals surface area contributed by atoms with Gasteiger partial charge in [-0.05, 0) is 40.8 Å². The summed E-state index contributed by atoms with van der Waals surface area (Å²) < 4.78 is 2.05. The van der Waals surface area contributed by atoms with Crippen LogP contribution in [-0.4, -0.2) is 15.5 Å². The van der Waals surface area contributed by atoms with Crippen molar-refractivity contribution in [3.05, 3.63) is 142 Å². The average Bonchev–Trinajstić information content (AvgIpc) is 3.62. The van der Waals surface area contributed by atoms with Crippen LogP contribution in [0.25, 0.3) is 16.0 Å². The van der Waals surface area contributed by atoms with E-state index in [0.717, 1.165) is 27.9 Å². The molecule has 3 aromatic carbocycles. The summed E-state index contributed by atoms with van der Waals surface area (Å²) in [5.74, 6) is -0.200. The molecule has 1 unspecified atom stereocenters. The van der Waals surface area contributed by atoms with Gasteiger partial charge < -0.3 is 9.88 Å². The van der Waals surface area contributed by atoms with E-state index in [0.29, 0.717) is 18.0 Å². The molecule has 0 aliphatic heterocycles. The molecule has 0 fully saturated rings. The van der Waals surface area contributed by atoms with Crippen LogP contribution in [0.2, 0.25) is 0 Å². The molecule has 0 saturated heterocycles. The molecule has 1 atom stereocenters. The monoisotopic (exact) mass is 540 g/mol. The summed E-state index contributed by atoms with van der Waals surface area (Å²) in [5, 5.41) is 5.76. The number of fused-ring (bicyclic) bond motifs is 1. The van der Waals surface area contributed by atoms with Crippen LogP contribution < -0.4 is 5.32 Å². The lowest BCUT2D eigenvalue weighted by molar-refractivity contribution is -0.127. The standard InChI is InChI=1S/C34H28N4OS/c1-33(21-34(35-2)28-10-6-4-8-26(28)30(33)27-9-5-7-11-29(27)34)31(39)37-32-36-25(20-40-32)18-22-12-14-23(15-13-22)24-16-17-38(3)19-24/h4-17,19-20,30H,18,21H2,1,3H3,(H,36,37,39). The molecule has 0 saturated carbocycles. The number of aromatic nitrogens is 2. The van der Waals surface area contributed by atoms with Gasteiger partial charge in [0.15, 0.2) is 5.13 Å². The van der Waals surface area contributed by atoms with Gasteiger partial charge in [0.05, 0.1) is 11.1 Å². The first-order valence-corrected chi connectivity index (χ1v) is 14.3. The van der Waals surface area contributed by atoms with Crippen LogP contribution >= 0.6 is 11.3 Å². The van der Waals surface area contributed by atoms with Gasteiger partial charge in [-0.25, -0.2) is 11.6 Å². The minimum absolute atomic E-state index is 0.0809. The fraction of sp³-hybridized carbons (Fsp3) is 0.206. The zero-order valence-electron chi connectivity index (χ0n) is 22.4. The van der Waals surface area contributed by atoms with Crippen molar-refractivity contribution < 1.29 is 4.79 Å². The third-order valence-electron chi connectivity index (χ3n) is 8.68. The van der Waals surface area contributed by atoms with E-state index in [-0.39, 0.29) is 11.8 Å². The minimum atomic E-state index is -0.867. The van der Waals surface area contributed by atoms with Crippen LogP contribution in [0.4, 0.5) is 5.13 Å². The van der Waals surface area contributed by atoms with E-state index in [1.54, 1.807) is 0 Å². The molecule has 196 valence electrons. The van der Waals surface area contributed by atoms with Gasteiger partial charge in [0, 0.05) is 54.7 Å². The lowest BCUT2D eigenvalue weighted by Gasteiger charge is -2.51. The third kappa shape index (κ3) is 3.65. The predicted molar refractivity (Wildman–Crippen MR) is 159 cm³/mol. The number of aryl methyl sites for hydroxylation is 1. The lowest BCUT2D eigenvalue weighted by atomic mass is 9.49. The molecular formula is C34H28N4OS. The summed E-state index contributed by atoms with van der Waals surface area (Å²) in [7, 11) is 2.02. The van der Waals surface area contributed by atoms with Crippen molar-refractivity contribution in [1.29, 1.82) is 0 Å². The second-order valence-electron chi connectivity index (χ2n) is 11.2. The van der Waals surface area contributed by atoms with Crippen LogP contribution in [-0.2, 0) is 23.8 Å². The first kappa shape index (κ1) is 24.6. The molecule has 2 heterocycles. The van der Waals surface area contributed by atoms with Gasteiger partial charge in [-0.3, -0.25) is 9.64 Å². The van der Waals surface area contributed by atoms with Crippen LogP contribution in [0.5, 0.6) is 0 Å². The Bertz CT molecular complexity index is 1760. The van der Waals surface area contributed by atoms with Gasteiger partial charge >= 0.3 is 0 Å². The van der Waals surface area contributed by atoms with Gasteiger partial charge in [-0.15, -0.1) is 11.3 Å². The zero-order valence-corrected chi connectivity index (χ0v) is 23.2. The number of hydrogen-bond donors (Lipinski definition) is 1. The van der Waals surface area contributed by atoms with Crippen molar-refractivity contribution in [2.24, 2.45) is 12.5 Å². The van der Waals surface area contributed by atoms with Crippen molar-refractivity contribution in [3.63, 3.8) is 0 Å². The Morgan fingerprint density at radius 2 is 1.70 bits per heavy atom. The Kier molecular flexibility index (Phi) is 5.55. The summed E-state index contributed by atoms with van der Waals surface area (Å²) in [6.07, 6.45) is 5.30. The molecule has 40 heavy (non-hydrogen) atoms. The maximum absolute atomic E-state index is 14.0. The van der Waals surface area contributed by atoms with Crippen LogP contribution in [0, 0.1) is 12.0 Å². The molecule has 2 aromatic heterocycles. The van der Waals surface area contributed by atoms with E-state index in [1.165, 1.54) is 28.0 Å². The van der Waals surface area contributed by atoms with Crippen molar-refractivity contribution in [1.82, 2.24) is 9.55 Å². The number of carbonyl (C=O) groups excluding carboxylic acids is 1. The van der Waals surface area contributed by atoms with Gasteiger partial charge in [-0.1, -0.05) is 72.8 Å². The molecule has 6 heteroatoms. The van der Waals surface area contributed by atoms with Crippen molar-refractivity contribution >= 4 is 22.4 Å². The Morgan fingerprint density at radius 1 is 1.02 bits per heavy atom. The van der Waals surface area contributed by atoms with Crippen molar-refractivity contribution in [2.45, 2.75) is 31.2 Å². The van der Waals surface area contributed by atoms with Crippen molar-refractivity contribution in [2.75, 3.05) is 5.32 Å². The highest BCUT2D eigenvalue weighted by molar-refractivity contribution is 7.13. The fourth-order valence-electron chi connectivity index (χ4n) is 6.83. The zero-order chi connectivity index (χ0) is 27.5. The summed E-state index contributed by atoms with van der Waals surface area (Å²) in [5.41, 5.74) is 7.07. The number of nitrogens with zero attached hydrogens (tertiary/aromatic N) is 3. The molecular weight excluding hydrogens is 512 g/mol. The molecule has 5 aromatic rings. The first-order valence-electron chi connectivity index (χ1n) is 13.5. The van der Waals surface area contributed by atoms with Crippen molar-refractivity contribution in [3.8, 4) is 11.1 Å².